The molecule has 0 saturated heterocycles. The molecule has 0 bridgehead atoms. The van der Waals surface area contributed by atoms with Crippen LogP contribution in [0.25, 0.3) is 0 Å². The average Bonchev–Trinajstić information content (AvgIpc) is 1.88. The van der Waals surface area contributed by atoms with Gasteiger partial charge in [0.05, 0.1) is 8.07 Å². The third-order valence-electron chi connectivity index (χ3n) is 2.90. The van der Waals surface area contributed by atoms with Gasteiger partial charge in [0.1, 0.15) is 0 Å². The predicted molar refractivity (Wildman–Crippen MR) is 56.2 cm³/mol. The van der Waals surface area contributed by atoms with E-state index in [0.29, 0.717) is 0 Å². The molecule has 0 amide bonds. The van der Waals surface area contributed by atoms with Crippen LogP contribution in [-0.4, -0.2) is 8.07 Å². The van der Waals surface area contributed by atoms with E-state index in [2.05, 4.69) is 43.9 Å². The highest BCUT2D eigenvalue weighted by Gasteiger charge is 2.35. The maximum Gasteiger partial charge on any atom is 0.0525 e. The van der Waals surface area contributed by atoms with Crippen LogP contribution in [0.4, 0.5) is 0 Å². The van der Waals surface area contributed by atoms with Crippen LogP contribution >= 0.6 is 0 Å². The average molecular weight is 176 g/mol. The Morgan fingerprint density at radius 1 is 1.17 bits per heavy atom. The van der Waals surface area contributed by atoms with Gasteiger partial charge in [-0.15, -0.1) is 0 Å². The summed E-state index contributed by atoms with van der Waals surface area (Å²) in [5.74, 6) is 0. The minimum Gasteiger partial charge on any atom is -0.0691 e. The molecule has 1 atom stereocenters. The summed E-state index contributed by atoms with van der Waals surface area (Å²) < 4.78 is 0. The second-order valence-electron chi connectivity index (χ2n) is 4.82. The summed E-state index contributed by atoms with van der Waals surface area (Å²) in [6.07, 6.45) is 1.34. The van der Waals surface area contributed by atoms with Gasteiger partial charge in [0.25, 0.3) is 0 Å². The lowest BCUT2D eigenvalue weighted by atomic mass is 9.88. The number of hydrogen-bond acceptors (Lipinski definition) is 0. The highest BCUT2D eigenvalue weighted by molar-refractivity contribution is 6.77. The minimum absolute atomic E-state index is 0.925. The van der Waals surface area contributed by atoms with E-state index < -0.39 is 8.07 Å². The van der Waals surface area contributed by atoms with Crippen molar-refractivity contribution in [2.45, 2.75) is 31.6 Å². The molecule has 0 aliphatic heterocycles. The van der Waals surface area contributed by atoms with E-state index in [1.165, 1.54) is 6.42 Å². The van der Waals surface area contributed by atoms with Crippen molar-refractivity contribution in [3.63, 3.8) is 0 Å². The van der Waals surface area contributed by atoms with Crippen molar-refractivity contribution in [1.82, 2.24) is 0 Å². The zero-order chi connectivity index (χ0) is 8.77. The fraction of sp³-hybridized carbons (Fsp3) is 0.455. The van der Waals surface area contributed by atoms with E-state index >= 15 is 0 Å². The molecule has 0 N–H and O–H groups in total. The second-order valence-corrected chi connectivity index (χ2v) is 10.3. The van der Waals surface area contributed by atoms with Gasteiger partial charge in [-0.25, -0.2) is 0 Å². The fourth-order valence-corrected chi connectivity index (χ4v) is 4.08. The van der Waals surface area contributed by atoms with E-state index in [-0.39, 0.29) is 0 Å². The molecular weight excluding hydrogens is 160 g/mol. The highest BCUT2D eigenvalue weighted by atomic mass is 28.3. The maximum atomic E-state index is 2.47. The quantitative estimate of drug-likeness (QED) is 0.576. The van der Waals surface area contributed by atoms with E-state index in [9.17, 15) is 0 Å². The first-order valence-electron chi connectivity index (χ1n) is 4.67. The van der Waals surface area contributed by atoms with Crippen molar-refractivity contribution < 1.29 is 0 Å². The number of fused-ring (bicyclic) bond motifs is 1. The molecule has 0 saturated carbocycles. The Morgan fingerprint density at radius 3 is 2.42 bits per heavy atom. The van der Waals surface area contributed by atoms with E-state index in [4.69, 9.17) is 0 Å². The second kappa shape index (κ2) is 2.46. The molecule has 1 aromatic carbocycles. The summed E-state index contributed by atoms with van der Waals surface area (Å²) in [5, 5.41) is 0. The standard InChI is InChI=1S/C11H16Si/c1-12(2,3)11-8-9-6-4-5-7-10(9)11/h4-7,11H,8H2,1-3H3/t11-/m1/s1. The van der Waals surface area contributed by atoms with Crippen LogP contribution in [0.1, 0.15) is 16.7 Å². The Labute approximate surface area is 75.6 Å². The summed E-state index contributed by atoms with van der Waals surface area (Å²) in [6.45, 7) is 7.40. The third-order valence-corrected chi connectivity index (χ3v) is 5.51. The maximum absolute atomic E-state index is 2.47. The molecule has 0 spiro atoms. The Balaban J connectivity index is 2.31. The van der Waals surface area contributed by atoms with Crippen molar-refractivity contribution >= 4 is 8.07 Å². The fourth-order valence-electron chi connectivity index (χ4n) is 2.03. The van der Waals surface area contributed by atoms with Crippen LogP contribution in [0.3, 0.4) is 0 Å². The first kappa shape index (κ1) is 8.05. The zero-order valence-corrected chi connectivity index (χ0v) is 9.09. The lowest BCUT2D eigenvalue weighted by Gasteiger charge is -2.38. The normalized spacial score (nSPS) is 21.4. The first-order chi connectivity index (χ1) is 5.59. The van der Waals surface area contributed by atoms with Crippen LogP contribution in [0.2, 0.25) is 19.6 Å². The molecule has 0 unspecified atom stereocenters. The Morgan fingerprint density at radius 2 is 1.83 bits per heavy atom. The highest BCUT2D eigenvalue weighted by Crippen LogP contribution is 2.40. The molecule has 0 heterocycles. The zero-order valence-electron chi connectivity index (χ0n) is 8.09. The van der Waals surface area contributed by atoms with Crippen molar-refractivity contribution in [1.29, 1.82) is 0 Å². The van der Waals surface area contributed by atoms with Crippen molar-refractivity contribution in [3.05, 3.63) is 35.4 Å². The van der Waals surface area contributed by atoms with Crippen molar-refractivity contribution in [3.8, 4) is 0 Å². The molecule has 64 valence electrons. The van der Waals surface area contributed by atoms with Gasteiger partial charge in [0.15, 0.2) is 0 Å². The van der Waals surface area contributed by atoms with E-state index in [1.54, 1.807) is 11.1 Å². The summed E-state index contributed by atoms with van der Waals surface area (Å²) in [4.78, 5) is 0. The Kier molecular flexibility index (Phi) is 1.65. The molecule has 0 fully saturated rings. The van der Waals surface area contributed by atoms with Crippen molar-refractivity contribution in [2.75, 3.05) is 0 Å². The Bertz CT molecular complexity index is 296. The topological polar surface area (TPSA) is 0 Å². The summed E-state index contributed by atoms with van der Waals surface area (Å²) >= 11 is 0. The molecule has 1 aliphatic carbocycles. The summed E-state index contributed by atoms with van der Waals surface area (Å²) in [6, 6.07) is 8.90. The summed E-state index contributed by atoms with van der Waals surface area (Å²) in [5.41, 5.74) is 4.15. The molecule has 0 radical (unpaired) electrons. The first-order valence-corrected chi connectivity index (χ1v) is 8.24. The smallest absolute Gasteiger partial charge is 0.0525 e. The largest absolute Gasteiger partial charge is 0.0691 e. The monoisotopic (exact) mass is 176 g/mol. The molecule has 1 aliphatic rings. The minimum atomic E-state index is -0.925. The lowest BCUT2D eigenvalue weighted by Crippen LogP contribution is -2.38. The molecule has 2 rings (SSSR count). The molecule has 12 heavy (non-hydrogen) atoms. The van der Waals surface area contributed by atoms with Crippen LogP contribution in [0.15, 0.2) is 24.3 Å². The molecule has 1 heteroatoms. The van der Waals surface area contributed by atoms with E-state index in [0.717, 1.165) is 5.54 Å². The van der Waals surface area contributed by atoms with Gasteiger partial charge in [0.2, 0.25) is 0 Å². The van der Waals surface area contributed by atoms with Gasteiger partial charge in [-0.1, -0.05) is 43.9 Å². The SMILES string of the molecule is C[Si](C)(C)[C@@H]1Cc2ccccc21. The Hall–Kier alpha value is -0.563. The molecule has 0 aromatic heterocycles. The van der Waals surface area contributed by atoms with Gasteiger partial charge < -0.3 is 0 Å². The van der Waals surface area contributed by atoms with Crippen LogP contribution in [-0.2, 0) is 6.42 Å². The van der Waals surface area contributed by atoms with Gasteiger partial charge in [0, 0.05) is 0 Å². The third kappa shape index (κ3) is 1.12. The lowest BCUT2D eigenvalue weighted by molar-refractivity contribution is 0.770. The number of hydrogen-bond donors (Lipinski definition) is 0. The van der Waals surface area contributed by atoms with Crippen LogP contribution in [0.5, 0.6) is 0 Å². The van der Waals surface area contributed by atoms with Gasteiger partial charge >= 0.3 is 0 Å². The summed E-state index contributed by atoms with van der Waals surface area (Å²) in [7, 11) is -0.925. The van der Waals surface area contributed by atoms with Crippen LogP contribution in [0, 0.1) is 0 Å². The van der Waals surface area contributed by atoms with Crippen molar-refractivity contribution in [2.24, 2.45) is 0 Å². The molecular formula is C11H16Si. The molecule has 0 nitrogen and oxygen atoms in total. The van der Waals surface area contributed by atoms with E-state index in [1.807, 2.05) is 0 Å². The number of benzene rings is 1. The molecule has 1 aromatic rings. The predicted octanol–water partition coefficient (Wildman–Crippen LogP) is 3.20. The van der Waals surface area contributed by atoms with Gasteiger partial charge in [-0.2, -0.15) is 0 Å². The van der Waals surface area contributed by atoms with Gasteiger partial charge in [-0.3, -0.25) is 0 Å². The van der Waals surface area contributed by atoms with Gasteiger partial charge in [-0.05, 0) is 23.1 Å². The number of rotatable bonds is 1. The van der Waals surface area contributed by atoms with Crippen LogP contribution < -0.4 is 0 Å².